The van der Waals surface area contributed by atoms with E-state index in [0.717, 1.165) is 24.3 Å². The molecule has 1 saturated carbocycles. The lowest BCUT2D eigenvalue weighted by molar-refractivity contribution is -0.128. The maximum absolute atomic E-state index is 13.3. The summed E-state index contributed by atoms with van der Waals surface area (Å²) >= 11 is 0. The van der Waals surface area contributed by atoms with E-state index < -0.39 is 6.10 Å². The summed E-state index contributed by atoms with van der Waals surface area (Å²) < 4.78 is 16.9. The van der Waals surface area contributed by atoms with Crippen LogP contribution in [0, 0.1) is 5.92 Å². The molecule has 0 radical (unpaired) electrons. The van der Waals surface area contributed by atoms with Crippen molar-refractivity contribution in [2.24, 2.45) is 5.92 Å². The van der Waals surface area contributed by atoms with Crippen LogP contribution in [-0.4, -0.2) is 31.8 Å². The van der Waals surface area contributed by atoms with Crippen molar-refractivity contribution in [2.45, 2.75) is 31.9 Å². The lowest BCUT2D eigenvalue weighted by Gasteiger charge is -2.34. The Hall–Kier alpha value is -2.69. The number of rotatable bonds is 5. The number of anilines is 1. The highest BCUT2D eigenvalue weighted by Gasteiger charge is 2.39. The van der Waals surface area contributed by atoms with Gasteiger partial charge in [0.05, 0.1) is 7.11 Å². The summed E-state index contributed by atoms with van der Waals surface area (Å²) in [6.45, 7) is 2.33. The Morgan fingerprint density at radius 2 is 1.81 bits per heavy atom. The fourth-order valence-corrected chi connectivity index (χ4v) is 3.39. The summed E-state index contributed by atoms with van der Waals surface area (Å²) in [5.74, 6) is 2.54. The standard InChI is InChI=1S/C21H23NO4/c1-14(15-7-8-15)22(16-9-11-17(24-2)12-10-16)21(23)20-13-25-18-5-3-4-6-19(18)26-20/h3-6,9-12,14-15,20H,7-8,13H2,1-2H3. The minimum Gasteiger partial charge on any atom is -0.497 e. The van der Waals surface area contributed by atoms with Gasteiger partial charge in [-0.2, -0.15) is 0 Å². The van der Waals surface area contributed by atoms with Crippen LogP contribution in [0.1, 0.15) is 19.8 Å². The summed E-state index contributed by atoms with van der Waals surface area (Å²) in [4.78, 5) is 15.2. The highest BCUT2D eigenvalue weighted by Crippen LogP contribution is 2.38. The van der Waals surface area contributed by atoms with Gasteiger partial charge >= 0.3 is 0 Å². The summed E-state index contributed by atoms with van der Waals surface area (Å²) in [6.07, 6.45) is 1.67. The SMILES string of the molecule is COc1ccc(N(C(=O)C2COc3ccccc3O2)C(C)C2CC2)cc1. The normalized spacial score (nSPS) is 19.5. The predicted octanol–water partition coefficient (Wildman–Crippen LogP) is 3.67. The Bertz CT molecular complexity index is 785. The zero-order valence-electron chi connectivity index (χ0n) is 15.1. The number of carbonyl (C=O) groups is 1. The lowest BCUT2D eigenvalue weighted by atomic mass is 10.1. The first kappa shape index (κ1) is 16.8. The largest absolute Gasteiger partial charge is 0.497 e. The first-order valence-corrected chi connectivity index (χ1v) is 9.03. The van der Waals surface area contributed by atoms with Gasteiger partial charge in [-0.05, 0) is 62.1 Å². The number of benzene rings is 2. The van der Waals surface area contributed by atoms with Gasteiger partial charge in [-0.25, -0.2) is 0 Å². The maximum Gasteiger partial charge on any atom is 0.271 e. The molecule has 4 rings (SSSR count). The molecule has 0 N–H and O–H groups in total. The number of methoxy groups -OCH3 is 1. The van der Waals surface area contributed by atoms with E-state index in [0.29, 0.717) is 17.4 Å². The van der Waals surface area contributed by atoms with Crippen LogP contribution >= 0.6 is 0 Å². The fourth-order valence-electron chi connectivity index (χ4n) is 3.39. The molecule has 5 nitrogen and oxygen atoms in total. The molecule has 0 aromatic heterocycles. The molecule has 1 heterocycles. The summed E-state index contributed by atoms with van der Waals surface area (Å²) in [5.41, 5.74) is 0.859. The number of carbonyl (C=O) groups excluding carboxylic acids is 1. The number of hydrogen-bond acceptors (Lipinski definition) is 4. The lowest BCUT2D eigenvalue weighted by Crippen LogP contribution is -2.50. The maximum atomic E-state index is 13.3. The van der Waals surface area contributed by atoms with Crippen LogP contribution in [-0.2, 0) is 4.79 Å². The van der Waals surface area contributed by atoms with E-state index in [-0.39, 0.29) is 18.6 Å². The minimum atomic E-state index is -0.645. The van der Waals surface area contributed by atoms with Gasteiger partial charge in [-0.15, -0.1) is 0 Å². The van der Waals surface area contributed by atoms with Crippen LogP contribution in [0.3, 0.4) is 0 Å². The Labute approximate surface area is 153 Å². The molecule has 0 bridgehead atoms. The van der Waals surface area contributed by atoms with E-state index in [1.54, 1.807) is 7.11 Å². The Morgan fingerprint density at radius 3 is 2.46 bits per heavy atom. The zero-order chi connectivity index (χ0) is 18.1. The third-order valence-electron chi connectivity index (χ3n) is 5.08. The molecule has 2 unspecified atom stereocenters. The monoisotopic (exact) mass is 353 g/mol. The second-order valence-electron chi connectivity index (χ2n) is 6.85. The van der Waals surface area contributed by atoms with E-state index in [1.807, 2.05) is 53.4 Å². The molecule has 2 atom stereocenters. The number of hydrogen-bond donors (Lipinski definition) is 0. The highest BCUT2D eigenvalue weighted by atomic mass is 16.6. The molecule has 26 heavy (non-hydrogen) atoms. The topological polar surface area (TPSA) is 48.0 Å². The molecule has 136 valence electrons. The van der Waals surface area contributed by atoms with Gasteiger partial charge in [-0.1, -0.05) is 12.1 Å². The average molecular weight is 353 g/mol. The molecular formula is C21H23NO4. The van der Waals surface area contributed by atoms with Crippen molar-refractivity contribution in [3.63, 3.8) is 0 Å². The van der Waals surface area contributed by atoms with Crippen molar-refractivity contribution in [3.05, 3.63) is 48.5 Å². The second-order valence-corrected chi connectivity index (χ2v) is 6.85. The smallest absolute Gasteiger partial charge is 0.271 e. The third-order valence-corrected chi connectivity index (χ3v) is 5.08. The molecule has 0 spiro atoms. The number of nitrogens with zero attached hydrogens (tertiary/aromatic N) is 1. The molecule has 1 aliphatic carbocycles. The number of amides is 1. The molecule has 2 aromatic carbocycles. The van der Waals surface area contributed by atoms with Gasteiger partial charge in [0.2, 0.25) is 6.10 Å². The van der Waals surface area contributed by atoms with Gasteiger partial charge in [0.25, 0.3) is 5.91 Å². The first-order chi connectivity index (χ1) is 12.7. The van der Waals surface area contributed by atoms with Crippen molar-refractivity contribution >= 4 is 11.6 Å². The molecule has 1 aliphatic heterocycles. The molecule has 0 saturated heterocycles. The zero-order valence-corrected chi connectivity index (χ0v) is 15.1. The fraction of sp³-hybridized carbons (Fsp3) is 0.381. The number of para-hydroxylation sites is 2. The van der Waals surface area contributed by atoms with Gasteiger partial charge in [0.15, 0.2) is 11.5 Å². The van der Waals surface area contributed by atoms with Gasteiger partial charge in [-0.3, -0.25) is 4.79 Å². The van der Waals surface area contributed by atoms with Crippen LogP contribution in [0.2, 0.25) is 0 Å². The third kappa shape index (κ3) is 3.21. The van der Waals surface area contributed by atoms with Crippen LogP contribution in [0.4, 0.5) is 5.69 Å². The van der Waals surface area contributed by atoms with Gasteiger partial charge in [0.1, 0.15) is 12.4 Å². The second kappa shape index (κ2) is 6.90. The Kier molecular flexibility index (Phi) is 4.45. The van der Waals surface area contributed by atoms with E-state index in [2.05, 4.69) is 6.92 Å². The molecule has 2 aliphatic rings. The Balaban J connectivity index is 1.60. The molecule has 1 amide bonds. The average Bonchev–Trinajstić information content (AvgIpc) is 3.53. The minimum absolute atomic E-state index is 0.0657. The van der Waals surface area contributed by atoms with Crippen molar-refractivity contribution < 1.29 is 19.0 Å². The van der Waals surface area contributed by atoms with Crippen LogP contribution in [0.15, 0.2) is 48.5 Å². The van der Waals surface area contributed by atoms with Crippen molar-refractivity contribution in [3.8, 4) is 17.2 Å². The summed E-state index contributed by atoms with van der Waals surface area (Å²) in [7, 11) is 1.63. The summed E-state index contributed by atoms with van der Waals surface area (Å²) in [5, 5.41) is 0. The van der Waals surface area contributed by atoms with Gasteiger partial charge in [0, 0.05) is 11.7 Å². The van der Waals surface area contributed by atoms with Crippen LogP contribution < -0.4 is 19.1 Å². The quantitative estimate of drug-likeness (QED) is 0.823. The predicted molar refractivity (Wildman–Crippen MR) is 99.0 cm³/mol. The molecular weight excluding hydrogens is 330 g/mol. The van der Waals surface area contributed by atoms with Crippen LogP contribution in [0.25, 0.3) is 0 Å². The summed E-state index contributed by atoms with van der Waals surface area (Å²) in [6, 6.07) is 15.2. The van der Waals surface area contributed by atoms with E-state index in [9.17, 15) is 4.79 Å². The molecule has 2 aromatic rings. The first-order valence-electron chi connectivity index (χ1n) is 9.03. The van der Waals surface area contributed by atoms with Gasteiger partial charge < -0.3 is 19.1 Å². The molecule has 1 fully saturated rings. The van der Waals surface area contributed by atoms with E-state index in [4.69, 9.17) is 14.2 Å². The number of fused-ring (bicyclic) bond motifs is 1. The molecule has 5 heteroatoms. The van der Waals surface area contributed by atoms with E-state index >= 15 is 0 Å². The Morgan fingerprint density at radius 1 is 1.12 bits per heavy atom. The van der Waals surface area contributed by atoms with Crippen molar-refractivity contribution in [1.29, 1.82) is 0 Å². The van der Waals surface area contributed by atoms with Crippen molar-refractivity contribution in [1.82, 2.24) is 0 Å². The number of ether oxygens (including phenoxy) is 3. The van der Waals surface area contributed by atoms with Crippen molar-refractivity contribution in [2.75, 3.05) is 18.6 Å². The van der Waals surface area contributed by atoms with Crippen LogP contribution in [0.5, 0.6) is 17.2 Å². The highest BCUT2D eigenvalue weighted by molar-refractivity contribution is 5.97. The van der Waals surface area contributed by atoms with E-state index in [1.165, 1.54) is 0 Å².